The van der Waals surface area contributed by atoms with Crippen LogP contribution in [0.2, 0.25) is 0 Å². The van der Waals surface area contributed by atoms with Gasteiger partial charge in [0.15, 0.2) is 5.78 Å². The van der Waals surface area contributed by atoms with Gasteiger partial charge in [-0.15, -0.1) is 0 Å². The molecule has 4 aliphatic rings. The van der Waals surface area contributed by atoms with Crippen molar-refractivity contribution in [2.45, 2.75) is 64.6 Å². The normalized spacial score (nSPS) is 52.5. The maximum absolute atomic E-state index is 12.4. The standard InChI is InChI=1S/C19H26O4/c1-18-7-5-10(20)9-13(18)16(22)17(23)15-11-3-4-14(21)19(11,2)8-6-12(15)18/h9,11-12,15-17,22-23H,3-8H2,1-2H3/t11-,12-,15-,16-,17-,18+,19-/m0/s1. The van der Waals surface area contributed by atoms with E-state index in [4.69, 9.17) is 0 Å². The largest absolute Gasteiger partial charge is 0.390 e. The Kier molecular flexibility index (Phi) is 3.21. The fraction of sp³-hybridized carbons (Fsp3) is 0.789. The molecule has 2 N–H and O–H groups in total. The van der Waals surface area contributed by atoms with E-state index in [0.29, 0.717) is 18.6 Å². The summed E-state index contributed by atoms with van der Waals surface area (Å²) in [7, 11) is 0. The molecule has 7 atom stereocenters. The highest BCUT2D eigenvalue weighted by molar-refractivity contribution is 5.92. The number of hydrogen-bond donors (Lipinski definition) is 2. The van der Waals surface area contributed by atoms with Crippen LogP contribution in [0.5, 0.6) is 0 Å². The third-order valence-corrected chi connectivity index (χ3v) is 7.76. The Hall–Kier alpha value is -1.00. The molecule has 0 saturated heterocycles. The van der Waals surface area contributed by atoms with Crippen LogP contribution in [-0.4, -0.2) is 34.0 Å². The van der Waals surface area contributed by atoms with Gasteiger partial charge in [0.2, 0.25) is 0 Å². The average molecular weight is 318 g/mol. The van der Waals surface area contributed by atoms with Crippen molar-refractivity contribution in [3.05, 3.63) is 11.6 Å². The van der Waals surface area contributed by atoms with E-state index in [-0.39, 0.29) is 34.4 Å². The van der Waals surface area contributed by atoms with Crippen molar-refractivity contribution in [3.63, 3.8) is 0 Å². The summed E-state index contributed by atoms with van der Waals surface area (Å²) in [6.45, 7) is 4.21. The lowest BCUT2D eigenvalue weighted by atomic mass is 9.46. The van der Waals surface area contributed by atoms with Crippen LogP contribution in [0.15, 0.2) is 11.6 Å². The van der Waals surface area contributed by atoms with Crippen molar-refractivity contribution in [1.29, 1.82) is 0 Å². The van der Waals surface area contributed by atoms with Gasteiger partial charge in [-0.2, -0.15) is 0 Å². The number of Topliss-reactive ketones (excluding diaryl/α,β-unsaturated/α-hetero) is 1. The summed E-state index contributed by atoms with van der Waals surface area (Å²) in [6.07, 6.45) is 4.23. The lowest BCUT2D eigenvalue weighted by Crippen LogP contribution is -2.60. The number of aliphatic hydroxyl groups excluding tert-OH is 2. The molecule has 0 unspecified atom stereocenters. The first kappa shape index (κ1) is 15.5. The van der Waals surface area contributed by atoms with Gasteiger partial charge in [-0.1, -0.05) is 13.8 Å². The van der Waals surface area contributed by atoms with E-state index in [1.165, 1.54) is 0 Å². The summed E-state index contributed by atoms with van der Waals surface area (Å²) in [5, 5.41) is 21.6. The molecule has 0 radical (unpaired) electrons. The molecule has 3 saturated carbocycles. The molecular weight excluding hydrogens is 292 g/mol. The van der Waals surface area contributed by atoms with E-state index in [1.807, 2.05) is 0 Å². The second kappa shape index (κ2) is 4.76. The Balaban J connectivity index is 1.79. The highest BCUT2D eigenvalue weighted by Crippen LogP contribution is 2.64. The average Bonchev–Trinajstić information content (AvgIpc) is 2.82. The van der Waals surface area contributed by atoms with Crippen LogP contribution in [0, 0.1) is 28.6 Å². The van der Waals surface area contributed by atoms with Crippen molar-refractivity contribution in [1.82, 2.24) is 0 Å². The minimum Gasteiger partial charge on any atom is -0.390 e. The number of aliphatic hydroxyl groups is 2. The Morgan fingerprint density at radius 1 is 1.00 bits per heavy atom. The molecule has 0 amide bonds. The Morgan fingerprint density at radius 2 is 1.70 bits per heavy atom. The number of hydrogen-bond acceptors (Lipinski definition) is 4. The maximum Gasteiger partial charge on any atom is 0.155 e. The lowest BCUT2D eigenvalue weighted by Gasteiger charge is -2.59. The molecule has 126 valence electrons. The van der Waals surface area contributed by atoms with Crippen LogP contribution in [-0.2, 0) is 9.59 Å². The quantitative estimate of drug-likeness (QED) is 0.717. The van der Waals surface area contributed by atoms with Gasteiger partial charge >= 0.3 is 0 Å². The van der Waals surface area contributed by atoms with Gasteiger partial charge in [-0.05, 0) is 60.5 Å². The molecule has 4 aliphatic carbocycles. The van der Waals surface area contributed by atoms with Crippen LogP contribution in [0.1, 0.15) is 52.4 Å². The van der Waals surface area contributed by atoms with Crippen LogP contribution in [0.3, 0.4) is 0 Å². The monoisotopic (exact) mass is 318 g/mol. The molecule has 4 heteroatoms. The number of carbonyl (C=O) groups is 2. The van der Waals surface area contributed by atoms with Gasteiger partial charge in [-0.3, -0.25) is 9.59 Å². The number of rotatable bonds is 0. The van der Waals surface area contributed by atoms with Gasteiger partial charge in [0, 0.05) is 18.3 Å². The molecule has 0 heterocycles. The topological polar surface area (TPSA) is 74.6 Å². The highest BCUT2D eigenvalue weighted by atomic mass is 16.3. The number of fused-ring (bicyclic) bond motifs is 5. The molecule has 0 aliphatic heterocycles. The molecular formula is C19H26O4. The molecule has 4 nitrogen and oxygen atoms in total. The molecule has 0 aromatic heterocycles. The second-order valence-corrected chi connectivity index (χ2v) is 8.63. The van der Waals surface area contributed by atoms with E-state index in [0.717, 1.165) is 31.3 Å². The van der Waals surface area contributed by atoms with Crippen molar-refractivity contribution in [2.75, 3.05) is 0 Å². The maximum atomic E-state index is 12.4. The van der Waals surface area contributed by atoms with Crippen molar-refractivity contribution in [3.8, 4) is 0 Å². The minimum atomic E-state index is -0.969. The first-order chi connectivity index (χ1) is 10.8. The molecule has 4 rings (SSSR count). The highest BCUT2D eigenvalue weighted by Gasteiger charge is 2.63. The summed E-state index contributed by atoms with van der Waals surface area (Å²) >= 11 is 0. The fourth-order valence-electron chi connectivity index (χ4n) is 6.34. The summed E-state index contributed by atoms with van der Waals surface area (Å²) in [5.41, 5.74) is 0.184. The summed E-state index contributed by atoms with van der Waals surface area (Å²) < 4.78 is 0. The first-order valence-corrected chi connectivity index (χ1v) is 8.93. The third-order valence-electron chi connectivity index (χ3n) is 7.76. The van der Waals surface area contributed by atoms with Crippen molar-refractivity contribution in [2.24, 2.45) is 28.6 Å². The molecule has 3 fully saturated rings. The predicted octanol–water partition coefficient (Wildman–Crippen LogP) is 2.03. The van der Waals surface area contributed by atoms with Gasteiger partial charge in [-0.25, -0.2) is 0 Å². The van der Waals surface area contributed by atoms with Gasteiger partial charge in [0.25, 0.3) is 0 Å². The molecule has 0 aromatic rings. The van der Waals surface area contributed by atoms with Crippen LogP contribution >= 0.6 is 0 Å². The predicted molar refractivity (Wildman–Crippen MR) is 84.5 cm³/mol. The first-order valence-electron chi connectivity index (χ1n) is 8.93. The Morgan fingerprint density at radius 3 is 2.43 bits per heavy atom. The SMILES string of the molecule is C[C@]12CCC(=O)C=C1[C@H](O)[C@@H](O)[C@@H]1[C@@H]2CC[C@]2(C)C(=O)CC[C@@H]12. The minimum absolute atomic E-state index is 0.0365. The van der Waals surface area contributed by atoms with Crippen molar-refractivity contribution < 1.29 is 19.8 Å². The van der Waals surface area contributed by atoms with Gasteiger partial charge < -0.3 is 10.2 Å². The molecule has 0 spiro atoms. The zero-order valence-corrected chi connectivity index (χ0v) is 13.9. The van der Waals surface area contributed by atoms with Crippen LogP contribution in [0.4, 0.5) is 0 Å². The van der Waals surface area contributed by atoms with E-state index >= 15 is 0 Å². The summed E-state index contributed by atoms with van der Waals surface area (Å²) in [6, 6.07) is 0. The fourth-order valence-corrected chi connectivity index (χ4v) is 6.34. The zero-order chi connectivity index (χ0) is 16.6. The summed E-state index contributed by atoms with van der Waals surface area (Å²) in [5.74, 6) is 0.760. The van der Waals surface area contributed by atoms with Gasteiger partial charge in [0.1, 0.15) is 11.9 Å². The zero-order valence-electron chi connectivity index (χ0n) is 13.9. The van der Waals surface area contributed by atoms with Crippen molar-refractivity contribution >= 4 is 11.6 Å². The number of carbonyl (C=O) groups excluding carboxylic acids is 2. The van der Waals surface area contributed by atoms with E-state index < -0.39 is 12.2 Å². The van der Waals surface area contributed by atoms with E-state index in [2.05, 4.69) is 13.8 Å². The second-order valence-electron chi connectivity index (χ2n) is 8.63. The summed E-state index contributed by atoms with van der Waals surface area (Å²) in [4.78, 5) is 24.2. The van der Waals surface area contributed by atoms with Gasteiger partial charge in [0.05, 0.1) is 6.10 Å². The molecule has 23 heavy (non-hydrogen) atoms. The van der Waals surface area contributed by atoms with E-state index in [9.17, 15) is 19.8 Å². The van der Waals surface area contributed by atoms with E-state index in [1.54, 1.807) is 6.08 Å². The molecule has 0 bridgehead atoms. The van der Waals surface area contributed by atoms with Crippen LogP contribution in [0.25, 0.3) is 0 Å². The number of ketones is 2. The Labute approximate surface area is 137 Å². The van der Waals surface area contributed by atoms with Crippen LogP contribution < -0.4 is 0 Å². The smallest absolute Gasteiger partial charge is 0.155 e. The Bertz CT molecular complexity index is 608. The third kappa shape index (κ3) is 1.85. The lowest BCUT2D eigenvalue weighted by molar-refractivity contribution is -0.154. The molecule has 0 aromatic carbocycles.